The van der Waals surface area contributed by atoms with Gasteiger partial charge in [-0.2, -0.15) is 0 Å². The van der Waals surface area contributed by atoms with Gasteiger partial charge in [0.15, 0.2) is 0 Å². The van der Waals surface area contributed by atoms with Gasteiger partial charge in [-0.05, 0) is 13.8 Å². The molecule has 1 aliphatic heterocycles. The Labute approximate surface area is 88.8 Å². The van der Waals surface area contributed by atoms with Crippen LogP contribution in [0.2, 0.25) is 0 Å². The third-order valence-electron chi connectivity index (χ3n) is 2.68. The van der Waals surface area contributed by atoms with E-state index in [9.17, 15) is 4.79 Å². The van der Waals surface area contributed by atoms with Crippen LogP contribution in [0.4, 0.5) is 0 Å². The molecule has 1 N–H and O–H groups in total. The topological polar surface area (TPSA) is 49.8 Å². The lowest BCUT2D eigenvalue weighted by atomic mass is 10.1. The van der Waals surface area contributed by atoms with Gasteiger partial charge >= 0.3 is 5.97 Å². The number of carboxylic acids is 1. The molecule has 0 amide bonds. The van der Waals surface area contributed by atoms with Gasteiger partial charge in [-0.1, -0.05) is 0 Å². The lowest BCUT2D eigenvalue weighted by Crippen LogP contribution is -2.51. The minimum absolute atomic E-state index is 0.140. The van der Waals surface area contributed by atoms with E-state index in [1.165, 1.54) is 0 Å². The van der Waals surface area contributed by atoms with Crippen LogP contribution in [-0.4, -0.2) is 53.2 Å². The second-order valence-electron chi connectivity index (χ2n) is 3.62. The van der Waals surface area contributed by atoms with Crippen LogP contribution in [0.3, 0.4) is 0 Å². The first-order valence-electron chi connectivity index (χ1n) is 4.75. The monoisotopic (exact) mass is 221 g/mol. The normalized spacial score (nSPS) is 31.4. The second kappa shape index (κ2) is 4.96. The number of carboxylic acid groups (broad SMARTS) is 1. The van der Waals surface area contributed by atoms with E-state index in [1.54, 1.807) is 0 Å². The Bertz CT molecular complexity index is 212. The molecular weight excluding hydrogens is 206 g/mol. The predicted molar refractivity (Wildman–Crippen MR) is 53.7 cm³/mol. The summed E-state index contributed by atoms with van der Waals surface area (Å²) in [5, 5.41) is 7.84. The third kappa shape index (κ3) is 2.83. The van der Waals surface area contributed by atoms with Gasteiger partial charge in [0.05, 0.1) is 12.7 Å². The maximum atomic E-state index is 10.6. The van der Waals surface area contributed by atoms with E-state index in [0.29, 0.717) is 13.2 Å². The number of hydrogen-bond acceptors (Lipinski definition) is 3. The number of hydrogen-bond donors (Lipinski definition) is 1. The van der Waals surface area contributed by atoms with Crippen molar-refractivity contribution in [2.45, 2.75) is 31.4 Å². The van der Waals surface area contributed by atoms with E-state index in [0.717, 1.165) is 6.54 Å². The van der Waals surface area contributed by atoms with E-state index in [1.807, 2.05) is 13.8 Å². The molecule has 0 aromatic rings. The highest BCUT2D eigenvalue weighted by Crippen LogP contribution is 2.14. The molecule has 3 atom stereocenters. The maximum absolute atomic E-state index is 10.6. The zero-order chi connectivity index (χ0) is 10.7. The summed E-state index contributed by atoms with van der Waals surface area (Å²) in [5.74, 6) is -0.960. The largest absolute Gasteiger partial charge is 0.480 e. The Morgan fingerprint density at radius 1 is 1.71 bits per heavy atom. The summed E-state index contributed by atoms with van der Waals surface area (Å²) in [6, 6.07) is 0.226. The molecule has 1 saturated heterocycles. The number of nitrogens with zero attached hydrogens (tertiary/aromatic N) is 1. The molecule has 3 unspecified atom stereocenters. The van der Waals surface area contributed by atoms with E-state index in [-0.39, 0.29) is 12.1 Å². The van der Waals surface area contributed by atoms with Crippen LogP contribution in [0.15, 0.2) is 0 Å². The molecule has 0 aliphatic carbocycles. The Kier molecular flexibility index (Phi) is 4.16. The van der Waals surface area contributed by atoms with Crippen LogP contribution in [-0.2, 0) is 9.53 Å². The highest BCUT2D eigenvalue weighted by Gasteiger charge is 2.28. The van der Waals surface area contributed by atoms with Crippen molar-refractivity contribution in [3.05, 3.63) is 0 Å². The van der Waals surface area contributed by atoms with Crippen LogP contribution >= 0.6 is 11.6 Å². The molecule has 14 heavy (non-hydrogen) atoms. The Balaban J connectivity index is 2.46. The van der Waals surface area contributed by atoms with Crippen LogP contribution in [0, 0.1) is 0 Å². The average molecular weight is 222 g/mol. The molecule has 0 aromatic heterocycles. The molecule has 0 radical (unpaired) electrons. The lowest BCUT2D eigenvalue weighted by Gasteiger charge is -2.38. The van der Waals surface area contributed by atoms with Crippen molar-refractivity contribution in [2.24, 2.45) is 0 Å². The smallest absolute Gasteiger partial charge is 0.322 e. The molecule has 1 heterocycles. The van der Waals surface area contributed by atoms with Crippen molar-refractivity contribution < 1.29 is 14.6 Å². The second-order valence-corrected chi connectivity index (χ2v) is 4.14. The molecule has 0 aromatic carbocycles. The molecule has 1 fully saturated rings. The number of carbonyl (C=O) groups is 1. The van der Waals surface area contributed by atoms with Gasteiger partial charge in [0.1, 0.15) is 5.38 Å². The minimum Gasteiger partial charge on any atom is -0.480 e. The number of halogens is 1. The number of morpholine rings is 1. The Morgan fingerprint density at radius 3 is 2.93 bits per heavy atom. The SMILES string of the molecule is CC1OCCN(CC(Cl)C(=O)O)C1C. The molecule has 82 valence electrons. The fourth-order valence-electron chi connectivity index (χ4n) is 1.54. The molecule has 0 saturated carbocycles. The van der Waals surface area contributed by atoms with E-state index < -0.39 is 11.3 Å². The van der Waals surface area contributed by atoms with Crippen molar-refractivity contribution in [1.29, 1.82) is 0 Å². The molecule has 1 rings (SSSR count). The van der Waals surface area contributed by atoms with Crippen LogP contribution in [0.1, 0.15) is 13.8 Å². The maximum Gasteiger partial charge on any atom is 0.322 e. The van der Waals surface area contributed by atoms with E-state index in [4.69, 9.17) is 21.4 Å². The zero-order valence-corrected chi connectivity index (χ0v) is 9.20. The summed E-state index contributed by atoms with van der Waals surface area (Å²) >= 11 is 5.68. The Hall–Kier alpha value is -0.320. The highest BCUT2D eigenvalue weighted by molar-refractivity contribution is 6.29. The summed E-state index contributed by atoms with van der Waals surface area (Å²) in [6.07, 6.45) is 0.140. The van der Waals surface area contributed by atoms with Crippen molar-refractivity contribution in [1.82, 2.24) is 4.90 Å². The lowest BCUT2D eigenvalue weighted by molar-refractivity contribution is -0.137. The van der Waals surface area contributed by atoms with Crippen molar-refractivity contribution in [3.63, 3.8) is 0 Å². The van der Waals surface area contributed by atoms with E-state index in [2.05, 4.69) is 4.90 Å². The number of alkyl halides is 1. The zero-order valence-electron chi connectivity index (χ0n) is 8.44. The fraction of sp³-hybridized carbons (Fsp3) is 0.889. The Morgan fingerprint density at radius 2 is 2.36 bits per heavy atom. The summed E-state index contributed by atoms with van der Waals surface area (Å²) in [6.45, 7) is 5.79. The van der Waals surface area contributed by atoms with Gasteiger partial charge in [0.2, 0.25) is 0 Å². The number of ether oxygens (including phenoxy) is 1. The van der Waals surface area contributed by atoms with Gasteiger partial charge in [-0.3, -0.25) is 9.69 Å². The minimum atomic E-state index is -0.960. The quantitative estimate of drug-likeness (QED) is 0.716. The average Bonchev–Trinajstić information content (AvgIpc) is 2.12. The van der Waals surface area contributed by atoms with E-state index >= 15 is 0 Å². The molecule has 5 heteroatoms. The molecule has 0 spiro atoms. The van der Waals surface area contributed by atoms with Crippen molar-refractivity contribution >= 4 is 17.6 Å². The third-order valence-corrected chi connectivity index (χ3v) is 3.00. The molecule has 1 aliphatic rings. The number of aliphatic carboxylic acids is 1. The summed E-state index contributed by atoms with van der Waals surface area (Å²) < 4.78 is 5.43. The van der Waals surface area contributed by atoms with Gasteiger partial charge in [0, 0.05) is 19.1 Å². The standard InChI is InChI=1S/C9H16ClNO3/c1-6-7(2)14-4-3-11(6)5-8(10)9(12)13/h6-8H,3-5H2,1-2H3,(H,12,13). The first-order chi connectivity index (χ1) is 6.52. The fourth-order valence-corrected chi connectivity index (χ4v) is 1.71. The highest BCUT2D eigenvalue weighted by atomic mass is 35.5. The first kappa shape index (κ1) is 11.8. The summed E-state index contributed by atoms with van der Waals surface area (Å²) in [4.78, 5) is 12.6. The molecular formula is C9H16ClNO3. The van der Waals surface area contributed by atoms with Gasteiger partial charge in [0.25, 0.3) is 0 Å². The summed E-state index contributed by atoms with van der Waals surface area (Å²) in [5.41, 5.74) is 0. The van der Waals surface area contributed by atoms with Crippen LogP contribution in [0.25, 0.3) is 0 Å². The van der Waals surface area contributed by atoms with Crippen molar-refractivity contribution in [2.75, 3.05) is 19.7 Å². The molecule has 4 nitrogen and oxygen atoms in total. The van der Waals surface area contributed by atoms with Crippen molar-refractivity contribution in [3.8, 4) is 0 Å². The van der Waals surface area contributed by atoms with Gasteiger partial charge < -0.3 is 9.84 Å². The van der Waals surface area contributed by atoms with Gasteiger partial charge in [-0.15, -0.1) is 11.6 Å². The van der Waals surface area contributed by atoms with Crippen LogP contribution in [0.5, 0.6) is 0 Å². The summed E-state index contributed by atoms with van der Waals surface area (Å²) in [7, 11) is 0. The van der Waals surface area contributed by atoms with Crippen LogP contribution < -0.4 is 0 Å². The first-order valence-corrected chi connectivity index (χ1v) is 5.18. The predicted octanol–water partition coefficient (Wildman–Crippen LogP) is 0.788. The number of rotatable bonds is 3. The van der Waals surface area contributed by atoms with Gasteiger partial charge in [-0.25, -0.2) is 0 Å². The molecule has 0 bridgehead atoms.